The van der Waals surface area contributed by atoms with E-state index in [1.54, 1.807) is 13.3 Å². The summed E-state index contributed by atoms with van der Waals surface area (Å²) in [5.74, 6) is 0.777. The first-order valence-electron chi connectivity index (χ1n) is 6.46. The minimum absolute atomic E-state index is 0.695. The van der Waals surface area contributed by atoms with Gasteiger partial charge in [0.25, 0.3) is 0 Å². The number of methoxy groups -OCH3 is 1. The zero-order valence-electron chi connectivity index (χ0n) is 11.2. The predicted octanol–water partition coefficient (Wildman–Crippen LogP) is 2.58. The lowest BCUT2D eigenvalue weighted by molar-refractivity contribution is 0.0823. The van der Waals surface area contributed by atoms with Gasteiger partial charge in [-0.15, -0.1) is 0 Å². The molecule has 1 atom stereocenters. The molecule has 0 saturated heterocycles. The number of ether oxygens (including phenoxy) is 1. The van der Waals surface area contributed by atoms with Crippen LogP contribution in [0.15, 0.2) is 36.5 Å². The van der Waals surface area contributed by atoms with E-state index in [0.717, 1.165) is 29.0 Å². The quantitative estimate of drug-likeness (QED) is 0.896. The van der Waals surface area contributed by atoms with Crippen molar-refractivity contribution in [3.8, 4) is 5.75 Å². The molecule has 0 spiro atoms. The van der Waals surface area contributed by atoms with Crippen LogP contribution in [-0.2, 0) is 12.0 Å². The van der Waals surface area contributed by atoms with Crippen LogP contribution in [0.25, 0.3) is 0 Å². The fraction of sp³-hybridized carbons (Fsp3) is 0.312. The summed E-state index contributed by atoms with van der Waals surface area (Å²) in [4.78, 5) is 4.29. The Morgan fingerprint density at radius 2 is 2.11 bits per heavy atom. The normalized spacial score (nSPS) is 21.2. The number of benzene rings is 1. The van der Waals surface area contributed by atoms with Crippen molar-refractivity contribution in [1.29, 1.82) is 0 Å². The van der Waals surface area contributed by atoms with Gasteiger partial charge in [-0.25, -0.2) is 0 Å². The van der Waals surface area contributed by atoms with Gasteiger partial charge in [-0.3, -0.25) is 4.98 Å². The second-order valence-corrected chi connectivity index (χ2v) is 5.07. The van der Waals surface area contributed by atoms with Crippen molar-refractivity contribution in [2.24, 2.45) is 0 Å². The molecule has 0 fully saturated rings. The Kier molecular flexibility index (Phi) is 2.79. The van der Waals surface area contributed by atoms with Gasteiger partial charge in [-0.2, -0.15) is 0 Å². The number of fused-ring (bicyclic) bond motifs is 1. The maximum atomic E-state index is 11.0. The molecule has 3 heteroatoms. The lowest BCUT2D eigenvalue weighted by Gasteiger charge is -2.24. The van der Waals surface area contributed by atoms with E-state index in [0.29, 0.717) is 6.42 Å². The van der Waals surface area contributed by atoms with Crippen molar-refractivity contribution >= 4 is 0 Å². The smallest absolute Gasteiger partial charge is 0.119 e. The first kappa shape index (κ1) is 12.2. The van der Waals surface area contributed by atoms with Gasteiger partial charge in [0.2, 0.25) is 0 Å². The Hall–Kier alpha value is -1.87. The molecule has 98 valence electrons. The topological polar surface area (TPSA) is 42.4 Å². The molecule has 0 saturated carbocycles. The van der Waals surface area contributed by atoms with E-state index in [1.807, 2.05) is 37.3 Å². The Morgan fingerprint density at radius 3 is 2.79 bits per heavy atom. The van der Waals surface area contributed by atoms with Gasteiger partial charge >= 0.3 is 0 Å². The van der Waals surface area contributed by atoms with E-state index in [-0.39, 0.29) is 0 Å². The molecule has 2 aromatic rings. The molecule has 1 aliphatic rings. The first-order valence-corrected chi connectivity index (χ1v) is 6.46. The summed E-state index contributed by atoms with van der Waals surface area (Å²) in [5.41, 5.74) is 2.99. The molecule has 1 aromatic carbocycles. The van der Waals surface area contributed by atoms with Gasteiger partial charge in [0.1, 0.15) is 11.4 Å². The molecule has 0 amide bonds. The summed E-state index contributed by atoms with van der Waals surface area (Å²) < 4.78 is 5.26. The summed E-state index contributed by atoms with van der Waals surface area (Å²) >= 11 is 0. The molecule has 0 aliphatic heterocycles. The molecule has 1 N–H and O–H groups in total. The largest absolute Gasteiger partial charge is 0.497 e. The van der Waals surface area contributed by atoms with Crippen molar-refractivity contribution < 1.29 is 9.84 Å². The molecular formula is C16H17NO2. The average molecular weight is 255 g/mol. The van der Waals surface area contributed by atoms with E-state index >= 15 is 0 Å². The van der Waals surface area contributed by atoms with Crippen molar-refractivity contribution in [3.63, 3.8) is 0 Å². The molecule has 0 bridgehead atoms. The monoisotopic (exact) mass is 255 g/mol. The lowest BCUT2D eigenvalue weighted by Crippen LogP contribution is -2.24. The van der Waals surface area contributed by atoms with Crippen LogP contribution in [0.1, 0.15) is 28.8 Å². The molecule has 3 nitrogen and oxygen atoms in total. The fourth-order valence-corrected chi connectivity index (χ4v) is 2.75. The van der Waals surface area contributed by atoms with E-state index in [1.165, 1.54) is 5.56 Å². The van der Waals surface area contributed by atoms with Crippen molar-refractivity contribution in [3.05, 3.63) is 58.9 Å². The van der Waals surface area contributed by atoms with Gasteiger partial charge in [0, 0.05) is 17.5 Å². The van der Waals surface area contributed by atoms with Crippen LogP contribution in [0.3, 0.4) is 0 Å². The van der Waals surface area contributed by atoms with Gasteiger partial charge in [-0.05, 0) is 49.1 Å². The zero-order valence-corrected chi connectivity index (χ0v) is 11.2. The molecule has 3 rings (SSSR count). The third kappa shape index (κ3) is 1.90. The highest BCUT2D eigenvalue weighted by Crippen LogP contribution is 2.43. The molecule has 1 aliphatic carbocycles. The number of hydrogen-bond donors (Lipinski definition) is 1. The Balaban J connectivity index is 2.11. The molecule has 1 aromatic heterocycles. The number of pyridine rings is 1. The Bertz CT molecular complexity index is 607. The number of aliphatic hydroxyl groups is 1. The summed E-state index contributed by atoms with van der Waals surface area (Å²) in [6.07, 6.45) is 3.34. The van der Waals surface area contributed by atoms with Gasteiger partial charge < -0.3 is 9.84 Å². The summed E-state index contributed by atoms with van der Waals surface area (Å²) in [6.45, 7) is 1.94. The van der Waals surface area contributed by atoms with Gasteiger partial charge in [0.05, 0.1) is 7.11 Å². The summed E-state index contributed by atoms with van der Waals surface area (Å²) in [5, 5.41) is 11.0. The predicted molar refractivity (Wildman–Crippen MR) is 73.3 cm³/mol. The van der Waals surface area contributed by atoms with Crippen molar-refractivity contribution in [2.45, 2.75) is 25.4 Å². The van der Waals surface area contributed by atoms with Crippen LogP contribution in [0.2, 0.25) is 0 Å². The number of rotatable bonds is 2. The van der Waals surface area contributed by atoms with Crippen LogP contribution in [0, 0.1) is 6.92 Å². The average Bonchev–Trinajstić information content (AvgIpc) is 2.78. The Labute approximate surface area is 112 Å². The van der Waals surface area contributed by atoms with Crippen LogP contribution < -0.4 is 4.74 Å². The number of nitrogens with zero attached hydrogens (tertiary/aromatic N) is 1. The third-order valence-corrected chi connectivity index (χ3v) is 3.91. The van der Waals surface area contributed by atoms with Crippen LogP contribution in [0.5, 0.6) is 5.75 Å². The second-order valence-electron chi connectivity index (χ2n) is 5.07. The van der Waals surface area contributed by atoms with E-state index < -0.39 is 5.60 Å². The zero-order chi connectivity index (χ0) is 13.5. The second kappa shape index (κ2) is 4.35. The molecule has 1 unspecified atom stereocenters. The highest BCUT2D eigenvalue weighted by atomic mass is 16.5. The summed E-state index contributed by atoms with van der Waals surface area (Å²) in [6, 6.07) is 9.80. The van der Waals surface area contributed by atoms with Crippen LogP contribution in [-0.4, -0.2) is 17.2 Å². The molecule has 19 heavy (non-hydrogen) atoms. The molecule has 0 radical (unpaired) electrons. The molecule has 1 heterocycles. The minimum atomic E-state index is -0.940. The number of aryl methyl sites for hydroxylation is 2. The van der Waals surface area contributed by atoms with Gasteiger partial charge in [-0.1, -0.05) is 12.1 Å². The maximum Gasteiger partial charge on any atom is 0.119 e. The number of hydrogen-bond acceptors (Lipinski definition) is 3. The maximum absolute atomic E-state index is 11.0. The van der Waals surface area contributed by atoms with Gasteiger partial charge in [0.15, 0.2) is 0 Å². The van der Waals surface area contributed by atoms with E-state index in [9.17, 15) is 5.11 Å². The number of aromatic nitrogens is 1. The van der Waals surface area contributed by atoms with Crippen LogP contribution >= 0.6 is 0 Å². The highest BCUT2D eigenvalue weighted by Gasteiger charge is 2.38. The van der Waals surface area contributed by atoms with E-state index in [4.69, 9.17) is 4.74 Å². The van der Waals surface area contributed by atoms with Crippen molar-refractivity contribution in [2.75, 3.05) is 7.11 Å². The first-order chi connectivity index (χ1) is 9.13. The summed E-state index contributed by atoms with van der Waals surface area (Å²) in [7, 11) is 1.64. The van der Waals surface area contributed by atoms with Crippen LogP contribution in [0.4, 0.5) is 0 Å². The minimum Gasteiger partial charge on any atom is -0.497 e. The lowest BCUT2D eigenvalue weighted by atomic mass is 9.89. The highest BCUT2D eigenvalue weighted by molar-refractivity contribution is 5.48. The fourth-order valence-electron chi connectivity index (χ4n) is 2.75. The Morgan fingerprint density at radius 1 is 1.26 bits per heavy atom. The van der Waals surface area contributed by atoms with Crippen molar-refractivity contribution in [1.82, 2.24) is 4.98 Å². The molecular weight excluding hydrogens is 238 g/mol. The van der Waals surface area contributed by atoms with E-state index in [2.05, 4.69) is 4.98 Å². The third-order valence-electron chi connectivity index (χ3n) is 3.91. The SMILES string of the molecule is COc1ccc2c(c1)C(O)(c1ccc(C)nc1)CC2. The standard InChI is InChI=1S/C16H17NO2/c1-11-3-5-13(10-17-11)16(18)8-7-12-4-6-14(19-2)9-15(12)16/h3-6,9-10,18H,7-8H2,1-2H3.